The number of benzene rings is 3. The van der Waals surface area contributed by atoms with E-state index in [0.29, 0.717) is 12.8 Å². The maximum Gasteiger partial charge on any atom is 0.237 e. The van der Waals surface area contributed by atoms with Crippen LogP contribution in [0.15, 0.2) is 77.7 Å². The molecule has 0 fully saturated rings. The lowest BCUT2D eigenvalue weighted by Gasteiger charge is -2.16. The summed E-state index contributed by atoms with van der Waals surface area (Å²) in [5, 5.41) is 5.76. The van der Waals surface area contributed by atoms with E-state index in [1.807, 2.05) is 87.5 Å². The van der Waals surface area contributed by atoms with E-state index in [1.165, 1.54) is 11.8 Å². The first kappa shape index (κ1) is 22.6. The molecule has 3 aromatic rings. The number of aryl methyl sites for hydroxylation is 2. The quantitative estimate of drug-likeness (QED) is 0.430. The number of nitrogens with one attached hydrogen (secondary N) is 2. The van der Waals surface area contributed by atoms with E-state index in [2.05, 4.69) is 16.7 Å². The maximum absolute atomic E-state index is 12.8. The molecule has 0 aromatic heterocycles. The van der Waals surface area contributed by atoms with Gasteiger partial charge in [0.05, 0.1) is 11.7 Å². The summed E-state index contributed by atoms with van der Waals surface area (Å²) >= 11 is 1.51. The molecule has 4 nitrogen and oxygen atoms in total. The van der Waals surface area contributed by atoms with E-state index in [1.54, 1.807) is 0 Å². The van der Waals surface area contributed by atoms with Crippen LogP contribution in [0.3, 0.4) is 0 Å². The molecule has 2 amide bonds. The summed E-state index contributed by atoms with van der Waals surface area (Å²) in [6.07, 6.45) is 1.03. The first-order chi connectivity index (χ1) is 14.9. The van der Waals surface area contributed by atoms with Gasteiger partial charge in [0, 0.05) is 16.3 Å². The molecule has 0 heterocycles. The molecule has 0 saturated heterocycles. The second kappa shape index (κ2) is 10.8. The van der Waals surface area contributed by atoms with Crippen molar-refractivity contribution in [2.75, 3.05) is 10.6 Å². The number of carbonyl (C=O) groups excluding carboxylic acids is 2. The Balaban J connectivity index is 1.62. The van der Waals surface area contributed by atoms with Gasteiger partial charge in [-0.25, -0.2) is 0 Å². The van der Waals surface area contributed by atoms with Crippen LogP contribution in [0.5, 0.6) is 0 Å². The van der Waals surface area contributed by atoms with Crippen LogP contribution < -0.4 is 10.6 Å². The van der Waals surface area contributed by atoms with Crippen LogP contribution >= 0.6 is 11.8 Å². The zero-order chi connectivity index (χ0) is 22.2. The van der Waals surface area contributed by atoms with Crippen LogP contribution in [-0.4, -0.2) is 17.1 Å². The highest BCUT2D eigenvalue weighted by molar-refractivity contribution is 8.00. The summed E-state index contributed by atoms with van der Waals surface area (Å²) < 4.78 is 0. The predicted molar refractivity (Wildman–Crippen MR) is 130 cm³/mol. The highest BCUT2D eigenvalue weighted by Crippen LogP contribution is 2.29. The van der Waals surface area contributed by atoms with Crippen LogP contribution in [0, 0.1) is 13.8 Å². The fourth-order valence-corrected chi connectivity index (χ4v) is 4.40. The van der Waals surface area contributed by atoms with Crippen molar-refractivity contribution in [1.29, 1.82) is 0 Å². The minimum absolute atomic E-state index is 0.0176. The van der Waals surface area contributed by atoms with Gasteiger partial charge in [-0.1, -0.05) is 49.4 Å². The summed E-state index contributed by atoms with van der Waals surface area (Å²) in [4.78, 5) is 26.1. The molecule has 0 saturated carbocycles. The average Bonchev–Trinajstić information content (AvgIpc) is 2.72. The fraction of sp³-hybridized carbons (Fsp3) is 0.231. The Bertz CT molecular complexity index is 1030. The molecule has 5 heteroatoms. The third-order valence-electron chi connectivity index (χ3n) is 4.76. The molecule has 1 unspecified atom stereocenters. The molecule has 1 atom stereocenters. The molecule has 3 aromatic carbocycles. The second-order valence-electron chi connectivity index (χ2n) is 7.62. The Hall–Kier alpha value is -3.05. The molecule has 0 spiro atoms. The van der Waals surface area contributed by atoms with E-state index in [-0.39, 0.29) is 17.1 Å². The number of hydrogen-bond acceptors (Lipinski definition) is 3. The van der Waals surface area contributed by atoms with E-state index >= 15 is 0 Å². The molecule has 2 N–H and O–H groups in total. The summed E-state index contributed by atoms with van der Waals surface area (Å²) in [6, 6.07) is 23.3. The molecular formula is C26H28N2O2S. The van der Waals surface area contributed by atoms with Crippen molar-refractivity contribution in [3.05, 3.63) is 89.5 Å². The molecule has 3 rings (SSSR count). The number of hydrogen-bond donors (Lipinski definition) is 2. The van der Waals surface area contributed by atoms with Crippen molar-refractivity contribution in [1.82, 2.24) is 0 Å². The Morgan fingerprint density at radius 2 is 1.55 bits per heavy atom. The number of thioether (sulfide) groups is 1. The lowest BCUT2D eigenvalue weighted by Crippen LogP contribution is -2.24. The van der Waals surface area contributed by atoms with E-state index in [9.17, 15) is 9.59 Å². The first-order valence-electron chi connectivity index (χ1n) is 10.4. The zero-order valence-electron chi connectivity index (χ0n) is 18.1. The molecule has 0 aliphatic heterocycles. The number of carbonyl (C=O) groups is 2. The molecule has 0 aliphatic carbocycles. The van der Waals surface area contributed by atoms with Gasteiger partial charge in [0.2, 0.25) is 11.8 Å². The van der Waals surface area contributed by atoms with Crippen LogP contribution in [0.25, 0.3) is 0 Å². The average molecular weight is 433 g/mol. The van der Waals surface area contributed by atoms with Crippen molar-refractivity contribution in [2.45, 2.75) is 43.8 Å². The highest BCUT2D eigenvalue weighted by atomic mass is 32.2. The molecule has 0 bridgehead atoms. The van der Waals surface area contributed by atoms with Crippen molar-refractivity contribution in [3.63, 3.8) is 0 Å². The highest BCUT2D eigenvalue weighted by Gasteiger charge is 2.18. The monoisotopic (exact) mass is 432 g/mol. The Morgan fingerprint density at radius 3 is 2.23 bits per heavy atom. The minimum atomic E-state index is -0.226. The van der Waals surface area contributed by atoms with Gasteiger partial charge < -0.3 is 10.6 Å². The molecule has 0 aliphatic rings. The molecular weight excluding hydrogens is 404 g/mol. The largest absolute Gasteiger partial charge is 0.326 e. The van der Waals surface area contributed by atoms with Crippen molar-refractivity contribution < 1.29 is 9.59 Å². The summed E-state index contributed by atoms with van der Waals surface area (Å²) in [5.41, 5.74) is 4.77. The van der Waals surface area contributed by atoms with Gasteiger partial charge in [-0.3, -0.25) is 9.59 Å². The van der Waals surface area contributed by atoms with Gasteiger partial charge in [-0.2, -0.15) is 0 Å². The smallest absolute Gasteiger partial charge is 0.237 e. The van der Waals surface area contributed by atoms with E-state index < -0.39 is 0 Å². The lowest BCUT2D eigenvalue weighted by molar-refractivity contribution is -0.116. The molecule has 160 valence electrons. The lowest BCUT2D eigenvalue weighted by atomic mass is 10.1. The number of rotatable bonds is 8. The Morgan fingerprint density at radius 1 is 0.839 bits per heavy atom. The standard InChI is InChI=1S/C26H28N2O2S/c1-4-24(26(30)28-22-14-18(2)13-19(3)15-22)31-23-12-8-11-21(17-23)27-25(29)16-20-9-6-5-7-10-20/h5-15,17,24H,4,16H2,1-3H3,(H,27,29)(H,28,30). The first-order valence-corrected chi connectivity index (χ1v) is 11.3. The molecule has 0 radical (unpaired) electrons. The van der Waals surface area contributed by atoms with Crippen molar-refractivity contribution >= 4 is 35.0 Å². The van der Waals surface area contributed by atoms with Gasteiger partial charge in [0.15, 0.2) is 0 Å². The van der Waals surface area contributed by atoms with Crippen LogP contribution in [0.4, 0.5) is 11.4 Å². The van der Waals surface area contributed by atoms with E-state index in [4.69, 9.17) is 0 Å². The fourth-order valence-electron chi connectivity index (χ4n) is 3.39. The van der Waals surface area contributed by atoms with Crippen LogP contribution in [0.1, 0.15) is 30.0 Å². The zero-order valence-corrected chi connectivity index (χ0v) is 19.0. The predicted octanol–water partition coefficient (Wildman–Crippen LogP) is 5.99. The SMILES string of the molecule is CCC(Sc1cccc(NC(=O)Cc2ccccc2)c1)C(=O)Nc1cc(C)cc(C)c1. The topological polar surface area (TPSA) is 58.2 Å². The van der Waals surface area contributed by atoms with Gasteiger partial charge in [0.1, 0.15) is 0 Å². The molecule has 31 heavy (non-hydrogen) atoms. The van der Waals surface area contributed by atoms with Gasteiger partial charge >= 0.3 is 0 Å². The number of amides is 2. The van der Waals surface area contributed by atoms with Crippen molar-refractivity contribution in [3.8, 4) is 0 Å². The maximum atomic E-state index is 12.8. The Kier molecular flexibility index (Phi) is 7.90. The van der Waals surface area contributed by atoms with Crippen LogP contribution in [0.2, 0.25) is 0 Å². The minimum Gasteiger partial charge on any atom is -0.326 e. The normalized spacial score (nSPS) is 11.6. The van der Waals surface area contributed by atoms with Gasteiger partial charge in [-0.15, -0.1) is 11.8 Å². The summed E-state index contributed by atoms with van der Waals surface area (Å²) in [5.74, 6) is -0.0797. The van der Waals surface area contributed by atoms with Gasteiger partial charge in [-0.05, 0) is 67.3 Å². The van der Waals surface area contributed by atoms with Crippen molar-refractivity contribution in [2.24, 2.45) is 0 Å². The summed E-state index contributed by atoms with van der Waals surface area (Å²) in [7, 11) is 0. The van der Waals surface area contributed by atoms with Crippen LogP contribution in [-0.2, 0) is 16.0 Å². The number of anilines is 2. The van der Waals surface area contributed by atoms with E-state index in [0.717, 1.165) is 33.0 Å². The Labute approximate surface area is 188 Å². The third kappa shape index (κ3) is 7.00. The second-order valence-corrected chi connectivity index (χ2v) is 8.89. The summed E-state index contributed by atoms with van der Waals surface area (Å²) in [6.45, 7) is 6.04. The van der Waals surface area contributed by atoms with Gasteiger partial charge in [0.25, 0.3) is 0 Å². The third-order valence-corrected chi connectivity index (χ3v) is 6.11.